The van der Waals surface area contributed by atoms with Gasteiger partial charge < -0.3 is 11.1 Å². The maximum absolute atomic E-state index is 11.3. The molecular weight excluding hydrogens is 190 g/mol. The van der Waals surface area contributed by atoms with Gasteiger partial charge in [0.25, 0.3) is 0 Å². The lowest BCUT2D eigenvalue weighted by Gasteiger charge is -2.31. The van der Waals surface area contributed by atoms with Crippen molar-refractivity contribution in [3.8, 4) is 0 Å². The Bertz CT molecular complexity index is 248. The Balaban J connectivity index is 1.95. The molecule has 15 heavy (non-hydrogen) atoms. The van der Waals surface area contributed by atoms with Gasteiger partial charge in [-0.15, -0.1) is 0 Å². The summed E-state index contributed by atoms with van der Waals surface area (Å²) in [6.07, 6.45) is 3.25. The Morgan fingerprint density at radius 1 is 1.67 bits per heavy atom. The molecule has 4 heteroatoms. The fraction of sp³-hybridized carbons (Fsp3) is 0.909. The Morgan fingerprint density at radius 2 is 2.47 bits per heavy atom. The van der Waals surface area contributed by atoms with Crippen LogP contribution in [-0.2, 0) is 4.79 Å². The average molecular weight is 211 g/mol. The van der Waals surface area contributed by atoms with Gasteiger partial charge in [-0.1, -0.05) is 6.92 Å². The molecule has 2 fully saturated rings. The van der Waals surface area contributed by atoms with Crippen LogP contribution in [0.2, 0.25) is 0 Å². The SMILES string of the molecule is CC1(CN2CCCC2C(N)=O)CCNC1. The Morgan fingerprint density at radius 3 is 3.07 bits per heavy atom. The van der Waals surface area contributed by atoms with Crippen LogP contribution >= 0.6 is 0 Å². The maximum atomic E-state index is 11.3. The summed E-state index contributed by atoms with van der Waals surface area (Å²) in [6.45, 7) is 6.50. The van der Waals surface area contributed by atoms with Gasteiger partial charge in [-0.25, -0.2) is 0 Å². The van der Waals surface area contributed by atoms with E-state index in [1.807, 2.05) is 0 Å². The summed E-state index contributed by atoms with van der Waals surface area (Å²) >= 11 is 0. The number of rotatable bonds is 3. The molecule has 0 aliphatic carbocycles. The highest BCUT2D eigenvalue weighted by Gasteiger charge is 2.36. The van der Waals surface area contributed by atoms with Crippen LogP contribution in [0, 0.1) is 5.41 Å². The third-order valence-corrected chi connectivity index (χ3v) is 3.73. The second-order valence-electron chi connectivity index (χ2n) is 5.27. The molecule has 2 atom stereocenters. The highest BCUT2D eigenvalue weighted by molar-refractivity contribution is 5.80. The van der Waals surface area contributed by atoms with Gasteiger partial charge in [-0.3, -0.25) is 9.69 Å². The predicted molar refractivity (Wildman–Crippen MR) is 59.4 cm³/mol. The lowest BCUT2D eigenvalue weighted by atomic mass is 9.89. The van der Waals surface area contributed by atoms with Gasteiger partial charge in [0.2, 0.25) is 5.91 Å². The van der Waals surface area contributed by atoms with Crippen LogP contribution in [0.1, 0.15) is 26.2 Å². The zero-order valence-electron chi connectivity index (χ0n) is 9.46. The monoisotopic (exact) mass is 211 g/mol. The summed E-state index contributed by atoms with van der Waals surface area (Å²) in [4.78, 5) is 13.5. The lowest BCUT2D eigenvalue weighted by Crippen LogP contribution is -2.45. The first kappa shape index (κ1) is 10.9. The van der Waals surface area contributed by atoms with E-state index in [4.69, 9.17) is 5.73 Å². The minimum atomic E-state index is -0.151. The number of primary amides is 1. The van der Waals surface area contributed by atoms with Gasteiger partial charge >= 0.3 is 0 Å². The van der Waals surface area contributed by atoms with Crippen LogP contribution in [0.15, 0.2) is 0 Å². The van der Waals surface area contributed by atoms with Gasteiger partial charge in [-0.05, 0) is 37.8 Å². The first-order chi connectivity index (χ1) is 7.11. The van der Waals surface area contributed by atoms with Crippen LogP contribution in [0.25, 0.3) is 0 Å². The Kier molecular flexibility index (Phi) is 2.98. The van der Waals surface area contributed by atoms with Crippen LogP contribution in [-0.4, -0.2) is 43.0 Å². The van der Waals surface area contributed by atoms with Crippen LogP contribution in [0.5, 0.6) is 0 Å². The van der Waals surface area contributed by atoms with Gasteiger partial charge in [0.1, 0.15) is 0 Å². The molecule has 0 aromatic heterocycles. The van der Waals surface area contributed by atoms with Crippen molar-refractivity contribution in [1.29, 1.82) is 0 Å². The predicted octanol–water partition coefficient (Wildman–Crippen LogP) is -0.0643. The number of hydrogen-bond donors (Lipinski definition) is 2. The molecule has 2 aliphatic heterocycles. The molecule has 1 amide bonds. The third kappa shape index (κ3) is 2.32. The fourth-order valence-electron chi connectivity index (χ4n) is 2.83. The molecule has 0 aromatic rings. The molecule has 2 rings (SSSR count). The van der Waals surface area contributed by atoms with Crippen molar-refractivity contribution in [2.24, 2.45) is 11.1 Å². The van der Waals surface area contributed by atoms with Crippen LogP contribution < -0.4 is 11.1 Å². The largest absolute Gasteiger partial charge is 0.368 e. The highest BCUT2D eigenvalue weighted by atomic mass is 16.1. The molecule has 3 N–H and O–H groups in total. The standard InChI is InChI=1S/C11H21N3O/c1-11(4-5-13-7-11)8-14-6-2-3-9(14)10(12)15/h9,13H,2-8H2,1H3,(H2,12,15). The van der Waals surface area contributed by atoms with Crippen molar-refractivity contribution in [3.05, 3.63) is 0 Å². The van der Waals surface area contributed by atoms with E-state index < -0.39 is 0 Å². The first-order valence-corrected chi connectivity index (χ1v) is 5.85. The molecule has 2 saturated heterocycles. The molecule has 2 heterocycles. The molecule has 0 aromatic carbocycles. The molecule has 2 unspecified atom stereocenters. The Hall–Kier alpha value is -0.610. The molecule has 0 radical (unpaired) electrons. The molecule has 0 bridgehead atoms. The summed E-state index contributed by atoms with van der Waals surface area (Å²) in [7, 11) is 0. The normalized spacial score (nSPS) is 37.3. The smallest absolute Gasteiger partial charge is 0.234 e. The summed E-state index contributed by atoms with van der Waals surface area (Å²) in [6, 6.07) is -0.0116. The zero-order valence-corrected chi connectivity index (χ0v) is 9.46. The summed E-state index contributed by atoms with van der Waals surface area (Å²) < 4.78 is 0. The number of likely N-dealkylation sites (tertiary alicyclic amines) is 1. The minimum Gasteiger partial charge on any atom is -0.368 e. The summed E-state index contributed by atoms with van der Waals surface area (Å²) in [5, 5.41) is 3.39. The lowest BCUT2D eigenvalue weighted by molar-refractivity contribution is -0.122. The number of carbonyl (C=O) groups excluding carboxylic acids is 1. The number of amides is 1. The number of hydrogen-bond acceptors (Lipinski definition) is 3. The van der Waals surface area contributed by atoms with Crippen LogP contribution in [0.3, 0.4) is 0 Å². The second kappa shape index (κ2) is 4.10. The number of nitrogens with zero attached hydrogens (tertiary/aromatic N) is 1. The first-order valence-electron chi connectivity index (χ1n) is 5.85. The summed E-state index contributed by atoms with van der Waals surface area (Å²) in [5.74, 6) is -0.151. The molecular formula is C11H21N3O. The fourth-order valence-corrected chi connectivity index (χ4v) is 2.83. The molecule has 0 spiro atoms. The maximum Gasteiger partial charge on any atom is 0.234 e. The molecule has 2 aliphatic rings. The van der Waals surface area contributed by atoms with E-state index in [-0.39, 0.29) is 11.9 Å². The van der Waals surface area contributed by atoms with Gasteiger partial charge in [0.15, 0.2) is 0 Å². The van der Waals surface area contributed by atoms with Crippen molar-refractivity contribution in [1.82, 2.24) is 10.2 Å². The van der Waals surface area contributed by atoms with E-state index in [1.54, 1.807) is 0 Å². The van der Waals surface area contributed by atoms with E-state index in [1.165, 1.54) is 6.42 Å². The van der Waals surface area contributed by atoms with Gasteiger partial charge in [0.05, 0.1) is 6.04 Å². The number of nitrogens with one attached hydrogen (secondary N) is 1. The quantitative estimate of drug-likeness (QED) is 0.687. The van der Waals surface area contributed by atoms with Crippen molar-refractivity contribution < 1.29 is 4.79 Å². The average Bonchev–Trinajstić information content (AvgIpc) is 2.75. The van der Waals surface area contributed by atoms with Gasteiger partial charge in [0, 0.05) is 13.1 Å². The molecule has 86 valence electrons. The van der Waals surface area contributed by atoms with E-state index in [0.717, 1.165) is 39.0 Å². The highest BCUT2D eigenvalue weighted by Crippen LogP contribution is 2.29. The van der Waals surface area contributed by atoms with Crippen molar-refractivity contribution in [2.75, 3.05) is 26.2 Å². The van der Waals surface area contributed by atoms with Crippen molar-refractivity contribution in [3.63, 3.8) is 0 Å². The van der Waals surface area contributed by atoms with E-state index in [2.05, 4.69) is 17.1 Å². The summed E-state index contributed by atoms with van der Waals surface area (Å²) in [5.41, 5.74) is 5.74. The minimum absolute atomic E-state index is 0.0116. The molecule has 4 nitrogen and oxygen atoms in total. The van der Waals surface area contributed by atoms with Gasteiger partial charge in [-0.2, -0.15) is 0 Å². The van der Waals surface area contributed by atoms with Crippen molar-refractivity contribution >= 4 is 5.91 Å². The third-order valence-electron chi connectivity index (χ3n) is 3.73. The zero-order chi connectivity index (χ0) is 10.9. The van der Waals surface area contributed by atoms with E-state index in [9.17, 15) is 4.79 Å². The number of carbonyl (C=O) groups is 1. The Labute approximate surface area is 91.2 Å². The van der Waals surface area contributed by atoms with Crippen molar-refractivity contribution in [2.45, 2.75) is 32.2 Å². The molecule has 0 saturated carbocycles. The van der Waals surface area contributed by atoms with E-state index in [0.29, 0.717) is 5.41 Å². The second-order valence-corrected chi connectivity index (χ2v) is 5.27. The van der Waals surface area contributed by atoms with Crippen LogP contribution in [0.4, 0.5) is 0 Å². The topological polar surface area (TPSA) is 58.4 Å². The number of nitrogens with two attached hydrogens (primary N) is 1. The van der Waals surface area contributed by atoms with E-state index >= 15 is 0 Å².